The molecule has 1 aliphatic heterocycles. The van der Waals surface area contributed by atoms with Crippen molar-refractivity contribution in [1.82, 2.24) is 5.32 Å². The van der Waals surface area contributed by atoms with Gasteiger partial charge in [-0.3, -0.25) is 14.9 Å². The minimum Gasteiger partial charge on any atom is -0.387 e. The van der Waals surface area contributed by atoms with E-state index in [-0.39, 0.29) is 23.3 Å². The van der Waals surface area contributed by atoms with Crippen molar-refractivity contribution in [3.63, 3.8) is 0 Å². The maximum absolute atomic E-state index is 11.2. The van der Waals surface area contributed by atoms with Gasteiger partial charge in [-0.2, -0.15) is 0 Å². The summed E-state index contributed by atoms with van der Waals surface area (Å²) in [5.41, 5.74) is 0.914. The monoisotopic (exact) mass is 304 g/mol. The molecule has 0 radical (unpaired) electrons. The van der Waals surface area contributed by atoms with Gasteiger partial charge in [-0.05, 0) is 36.1 Å². The average molecular weight is 304 g/mol. The first-order valence-electron chi connectivity index (χ1n) is 7.27. The van der Waals surface area contributed by atoms with Gasteiger partial charge in [-0.1, -0.05) is 13.8 Å². The number of carbonyl (C=O) groups excluding carboxylic acids is 1. The zero-order valence-electron chi connectivity index (χ0n) is 12.6. The Morgan fingerprint density at radius 1 is 1.41 bits per heavy atom. The lowest BCUT2D eigenvalue weighted by Gasteiger charge is -2.09. The number of aldehydes is 1. The third-order valence-electron chi connectivity index (χ3n) is 3.71. The highest BCUT2D eigenvalue weighted by molar-refractivity contribution is 5.83. The van der Waals surface area contributed by atoms with Crippen LogP contribution in [0.25, 0.3) is 6.08 Å². The van der Waals surface area contributed by atoms with Crippen molar-refractivity contribution in [3.8, 4) is 0 Å². The molecule has 0 aliphatic carbocycles. The molecule has 1 fully saturated rings. The topological polar surface area (TPSA) is 102 Å². The van der Waals surface area contributed by atoms with E-state index in [1.54, 1.807) is 18.2 Å². The molecular formula is C16H20N2O4. The Hall–Kier alpha value is -2.05. The van der Waals surface area contributed by atoms with Gasteiger partial charge in [0.15, 0.2) is 0 Å². The Labute approximate surface area is 129 Å². The number of benzene rings is 1. The van der Waals surface area contributed by atoms with E-state index < -0.39 is 11.0 Å². The number of carbonyl (C=O) groups is 1. The van der Waals surface area contributed by atoms with E-state index in [2.05, 4.69) is 19.2 Å². The molecule has 0 spiro atoms. The summed E-state index contributed by atoms with van der Waals surface area (Å²) in [6.07, 6.45) is 2.29. The van der Waals surface area contributed by atoms with Crippen molar-refractivity contribution in [1.29, 1.82) is 0 Å². The summed E-state index contributed by atoms with van der Waals surface area (Å²) in [4.78, 5) is 21.4. The van der Waals surface area contributed by atoms with Crippen molar-refractivity contribution >= 4 is 18.0 Å². The Kier molecular flexibility index (Phi) is 5.05. The van der Waals surface area contributed by atoms with Gasteiger partial charge in [0, 0.05) is 23.7 Å². The molecule has 6 heteroatoms. The molecule has 1 aliphatic rings. The Bertz CT molecular complexity index is 580. The molecule has 1 saturated heterocycles. The number of nitrogens with zero attached hydrogens (tertiary/aromatic N) is 1. The summed E-state index contributed by atoms with van der Waals surface area (Å²) >= 11 is 0. The van der Waals surface area contributed by atoms with Crippen LogP contribution in [0.1, 0.15) is 25.8 Å². The molecule has 1 heterocycles. The molecule has 0 saturated carbocycles. The van der Waals surface area contributed by atoms with E-state index >= 15 is 0 Å². The zero-order valence-corrected chi connectivity index (χ0v) is 12.6. The average Bonchev–Trinajstić information content (AvgIpc) is 3.22. The van der Waals surface area contributed by atoms with Crippen molar-refractivity contribution in [2.24, 2.45) is 5.92 Å². The lowest BCUT2D eigenvalue weighted by Crippen LogP contribution is -2.22. The number of rotatable bonds is 7. The van der Waals surface area contributed by atoms with E-state index in [9.17, 15) is 20.0 Å². The fraction of sp³-hybridized carbons (Fsp3) is 0.438. The van der Waals surface area contributed by atoms with Gasteiger partial charge in [-0.15, -0.1) is 0 Å². The standard InChI is InChI=1S/C16H20N2O4/c1-10(2)7-14-15(17-14)16(20)12(9-19)8-11-3-5-13(6-4-11)18(21)22/h3-6,8-10,14-17,20H,7H2,1-2H3/b12-8-/t14-,15+,16+/m0/s1. The summed E-state index contributed by atoms with van der Waals surface area (Å²) in [6.45, 7) is 4.22. The number of aliphatic hydroxyl groups is 1. The van der Waals surface area contributed by atoms with Crippen LogP contribution in [-0.4, -0.2) is 34.5 Å². The zero-order chi connectivity index (χ0) is 16.3. The molecule has 0 aromatic heterocycles. The predicted molar refractivity (Wildman–Crippen MR) is 83.3 cm³/mol. The largest absolute Gasteiger partial charge is 0.387 e. The molecule has 1 aromatic carbocycles. The highest BCUT2D eigenvalue weighted by atomic mass is 16.6. The number of non-ortho nitro benzene ring substituents is 1. The van der Waals surface area contributed by atoms with Gasteiger partial charge >= 0.3 is 0 Å². The maximum atomic E-state index is 11.2. The summed E-state index contributed by atoms with van der Waals surface area (Å²) in [6, 6.07) is 5.99. The van der Waals surface area contributed by atoms with Crippen LogP contribution in [-0.2, 0) is 4.79 Å². The number of aliphatic hydroxyl groups excluding tert-OH is 1. The van der Waals surface area contributed by atoms with E-state index in [1.807, 2.05) is 0 Å². The van der Waals surface area contributed by atoms with E-state index in [1.165, 1.54) is 12.1 Å². The molecule has 0 amide bonds. The van der Waals surface area contributed by atoms with E-state index in [4.69, 9.17) is 0 Å². The third-order valence-corrected chi connectivity index (χ3v) is 3.71. The van der Waals surface area contributed by atoms with Crippen molar-refractivity contribution in [2.75, 3.05) is 0 Å². The van der Waals surface area contributed by atoms with Crippen LogP contribution in [0.4, 0.5) is 5.69 Å². The van der Waals surface area contributed by atoms with E-state index in [0.717, 1.165) is 6.42 Å². The highest BCUT2D eigenvalue weighted by Gasteiger charge is 2.42. The molecule has 0 bridgehead atoms. The lowest BCUT2D eigenvalue weighted by molar-refractivity contribution is -0.384. The van der Waals surface area contributed by atoms with Gasteiger partial charge in [-0.25, -0.2) is 0 Å². The van der Waals surface area contributed by atoms with Gasteiger partial charge in [0.25, 0.3) is 5.69 Å². The van der Waals surface area contributed by atoms with Crippen molar-refractivity contribution in [3.05, 3.63) is 45.5 Å². The molecule has 22 heavy (non-hydrogen) atoms. The fourth-order valence-electron chi connectivity index (χ4n) is 2.51. The third kappa shape index (κ3) is 3.99. The minimum atomic E-state index is -0.864. The molecule has 2 rings (SSSR count). The van der Waals surface area contributed by atoms with Crippen LogP contribution >= 0.6 is 0 Å². The first kappa shape index (κ1) is 16.3. The lowest BCUT2D eigenvalue weighted by atomic mass is 9.99. The second kappa shape index (κ2) is 6.81. The molecule has 1 aromatic rings. The summed E-state index contributed by atoms with van der Waals surface area (Å²) in [5, 5.41) is 24.1. The second-order valence-electron chi connectivity index (χ2n) is 5.98. The number of hydrogen-bond acceptors (Lipinski definition) is 5. The van der Waals surface area contributed by atoms with Crippen molar-refractivity contribution < 1.29 is 14.8 Å². The van der Waals surface area contributed by atoms with Gasteiger partial charge < -0.3 is 10.4 Å². The number of nitro benzene ring substituents is 1. The predicted octanol–water partition coefficient (Wildman–Crippen LogP) is 1.92. The van der Waals surface area contributed by atoms with Gasteiger partial charge in [0.05, 0.1) is 17.1 Å². The summed E-state index contributed by atoms with van der Waals surface area (Å²) in [7, 11) is 0. The molecule has 3 atom stereocenters. The first-order valence-corrected chi connectivity index (χ1v) is 7.27. The molecule has 6 nitrogen and oxygen atoms in total. The van der Waals surface area contributed by atoms with Crippen LogP contribution in [0.3, 0.4) is 0 Å². The molecule has 118 valence electrons. The summed E-state index contributed by atoms with van der Waals surface area (Å²) in [5.74, 6) is 0.521. The van der Waals surface area contributed by atoms with Crippen LogP contribution in [0, 0.1) is 16.0 Å². The van der Waals surface area contributed by atoms with Crippen LogP contribution in [0.15, 0.2) is 29.8 Å². The Morgan fingerprint density at radius 3 is 2.55 bits per heavy atom. The minimum absolute atomic E-state index is 0.00814. The van der Waals surface area contributed by atoms with E-state index in [0.29, 0.717) is 17.8 Å². The first-order chi connectivity index (χ1) is 10.4. The Morgan fingerprint density at radius 2 is 2.05 bits per heavy atom. The summed E-state index contributed by atoms with van der Waals surface area (Å²) < 4.78 is 0. The smallest absolute Gasteiger partial charge is 0.269 e. The van der Waals surface area contributed by atoms with Crippen molar-refractivity contribution in [2.45, 2.75) is 38.5 Å². The number of nitrogens with one attached hydrogen (secondary N) is 1. The second-order valence-corrected chi connectivity index (χ2v) is 5.98. The Balaban J connectivity index is 2.07. The fourth-order valence-corrected chi connectivity index (χ4v) is 2.51. The van der Waals surface area contributed by atoms with Crippen LogP contribution < -0.4 is 5.32 Å². The maximum Gasteiger partial charge on any atom is 0.269 e. The number of nitro groups is 1. The highest BCUT2D eigenvalue weighted by Crippen LogP contribution is 2.26. The molecule has 0 unspecified atom stereocenters. The van der Waals surface area contributed by atoms with Gasteiger partial charge in [0.1, 0.15) is 6.29 Å². The quantitative estimate of drug-likeness (QED) is 0.263. The molecule has 2 N–H and O–H groups in total. The van der Waals surface area contributed by atoms with Crippen LogP contribution in [0.5, 0.6) is 0 Å². The SMILES string of the molecule is CC(C)C[C@@H]1N[C@H]1[C@H](O)/C(C=O)=C\c1ccc([N+](=O)[O-])cc1. The van der Waals surface area contributed by atoms with Gasteiger partial charge in [0.2, 0.25) is 0 Å². The normalized spacial score (nSPS) is 22.5. The number of hydrogen-bond donors (Lipinski definition) is 2. The van der Waals surface area contributed by atoms with Crippen LogP contribution in [0.2, 0.25) is 0 Å². The molecular weight excluding hydrogens is 284 g/mol.